The van der Waals surface area contributed by atoms with Crippen LogP contribution in [0.3, 0.4) is 0 Å². The van der Waals surface area contributed by atoms with Crippen LogP contribution in [0.5, 0.6) is 0 Å². The molecule has 1 heterocycles. The highest BCUT2D eigenvalue weighted by Gasteiger charge is 2.38. The molecule has 0 spiro atoms. The van der Waals surface area contributed by atoms with Gasteiger partial charge in [0.05, 0.1) is 19.3 Å². The highest BCUT2D eigenvalue weighted by atomic mass is 19.1. The van der Waals surface area contributed by atoms with Crippen LogP contribution in [0.1, 0.15) is 36.6 Å². The fourth-order valence-electron chi connectivity index (χ4n) is 3.47. The third-order valence-electron chi connectivity index (χ3n) is 4.59. The van der Waals surface area contributed by atoms with Gasteiger partial charge in [0.1, 0.15) is 5.82 Å². The number of morpholine rings is 1. The second kappa shape index (κ2) is 6.42. The molecule has 1 unspecified atom stereocenters. The van der Waals surface area contributed by atoms with Gasteiger partial charge in [-0.1, -0.05) is 6.07 Å². The van der Waals surface area contributed by atoms with Gasteiger partial charge in [0, 0.05) is 24.2 Å². The highest BCUT2D eigenvalue weighted by molar-refractivity contribution is 5.36. The topological polar surface area (TPSA) is 24.5 Å². The Morgan fingerprint density at radius 3 is 2.38 bits per heavy atom. The van der Waals surface area contributed by atoms with Crippen molar-refractivity contribution in [2.45, 2.75) is 39.3 Å². The standard InChI is InChI=1S/C17H27FN2O/c1-12-10-13(2)15(14(18)11-12)16(19-5)17(3,4)20-6-8-21-9-7-20/h10-11,16,19H,6-9H2,1-5H3. The van der Waals surface area contributed by atoms with Crippen molar-refractivity contribution in [1.82, 2.24) is 10.2 Å². The van der Waals surface area contributed by atoms with Crippen molar-refractivity contribution in [3.63, 3.8) is 0 Å². The normalized spacial score (nSPS) is 18.8. The zero-order valence-corrected chi connectivity index (χ0v) is 13.8. The van der Waals surface area contributed by atoms with Gasteiger partial charge in [-0.2, -0.15) is 0 Å². The molecule has 3 nitrogen and oxygen atoms in total. The van der Waals surface area contributed by atoms with Gasteiger partial charge < -0.3 is 10.1 Å². The Balaban J connectivity index is 2.38. The van der Waals surface area contributed by atoms with Gasteiger partial charge in [0.25, 0.3) is 0 Å². The number of hydrogen-bond acceptors (Lipinski definition) is 3. The van der Waals surface area contributed by atoms with E-state index in [0.717, 1.165) is 43.0 Å². The van der Waals surface area contributed by atoms with Crippen LogP contribution in [0, 0.1) is 19.7 Å². The van der Waals surface area contributed by atoms with Crippen molar-refractivity contribution in [1.29, 1.82) is 0 Å². The summed E-state index contributed by atoms with van der Waals surface area (Å²) < 4.78 is 20.0. The summed E-state index contributed by atoms with van der Waals surface area (Å²) >= 11 is 0. The number of halogens is 1. The number of hydrogen-bond donors (Lipinski definition) is 1. The van der Waals surface area contributed by atoms with Gasteiger partial charge in [0.15, 0.2) is 0 Å². The lowest BCUT2D eigenvalue weighted by Crippen LogP contribution is -2.56. The minimum absolute atomic E-state index is 0.0591. The van der Waals surface area contributed by atoms with E-state index in [-0.39, 0.29) is 17.4 Å². The molecule has 1 atom stereocenters. The minimum Gasteiger partial charge on any atom is -0.379 e. The van der Waals surface area contributed by atoms with E-state index < -0.39 is 0 Å². The molecule has 0 bridgehead atoms. The lowest BCUT2D eigenvalue weighted by atomic mass is 9.84. The van der Waals surface area contributed by atoms with Crippen molar-refractivity contribution in [2.75, 3.05) is 33.4 Å². The van der Waals surface area contributed by atoms with E-state index in [4.69, 9.17) is 4.74 Å². The molecule has 0 radical (unpaired) electrons. The van der Waals surface area contributed by atoms with Crippen molar-refractivity contribution in [3.05, 3.63) is 34.6 Å². The van der Waals surface area contributed by atoms with Gasteiger partial charge in [-0.05, 0) is 51.9 Å². The first-order valence-electron chi connectivity index (χ1n) is 7.64. The summed E-state index contributed by atoms with van der Waals surface area (Å²) in [6, 6.07) is 3.62. The molecule has 0 aromatic heterocycles. The molecule has 1 fully saturated rings. The zero-order valence-electron chi connectivity index (χ0n) is 13.8. The quantitative estimate of drug-likeness (QED) is 0.924. The SMILES string of the molecule is CNC(c1c(C)cc(C)cc1F)C(C)(C)N1CCOCC1. The van der Waals surface area contributed by atoms with E-state index in [0.29, 0.717) is 0 Å². The number of likely N-dealkylation sites (N-methyl/N-ethyl adjacent to an activating group) is 1. The zero-order chi connectivity index (χ0) is 15.6. The fourth-order valence-corrected chi connectivity index (χ4v) is 3.47. The Morgan fingerprint density at radius 1 is 1.24 bits per heavy atom. The predicted molar refractivity (Wildman–Crippen MR) is 84.1 cm³/mol. The van der Waals surface area contributed by atoms with Crippen LogP contribution in [0.2, 0.25) is 0 Å². The van der Waals surface area contributed by atoms with Crippen LogP contribution < -0.4 is 5.32 Å². The summed E-state index contributed by atoms with van der Waals surface area (Å²) in [6.45, 7) is 11.5. The average Bonchev–Trinajstić information content (AvgIpc) is 2.43. The summed E-state index contributed by atoms with van der Waals surface area (Å²) in [4.78, 5) is 2.39. The lowest BCUT2D eigenvalue weighted by Gasteiger charge is -2.46. The molecule has 0 amide bonds. The molecular weight excluding hydrogens is 267 g/mol. The largest absolute Gasteiger partial charge is 0.379 e. The van der Waals surface area contributed by atoms with Gasteiger partial charge in [-0.15, -0.1) is 0 Å². The van der Waals surface area contributed by atoms with Crippen LogP contribution in [0.4, 0.5) is 4.39 Å². The van der Waals surface area contributed by atoms with E-state index in [1.807, 2.05) is 20.9 Å². The Labute approximate surface area is 127 Å². The number of ether oxygens (including phenoxy) is 1. The van der Waals surface area contributed by atoms with Gasteiger partial charge in [0.2, 0.25) is 0 Å². The lowest BCUT2D eigenvalue weighted by molar-refractivity contribution is -0.0233. The smallest absolute Gasteiger partial charge is 0.128 e. The molecule has 1 saturated heterocycles. The second-order valence-electron chi connectivity index (χ2n) is 6.45. The van der Waals surface area contributed by atoms with Crippen molar-refractivity contribution < 1.29 is 9.13 Å². The fraction of sp³-hybridized carbons (Fsp3) is 0.647. The molecule has 1 aliphatic rings. The van der Waals surface area contributed by atoms with Crippen molar-refractivity contribution in [2.24, 2.45) is 0 Å². The molecule has 0 aliphatic carbocycles. The summed E-state index contributed by atoms with van der Waals surface area (Å²) in [5, 5.41) is 3.33. The first kappa shape index (κ1) is 16.4. The van der Waals surface area contributed by atoms with E-state index in [2.05, 4.69) is 30.1 Å². The predicted octanol–water partition coefficient (Wildman–Crippen LogP) is 2.81. The van der Waals surface area contributed by atoms with E-state index in [1.54, 1.807) is 6.07 Å². The van der Waals surface area contributed by atoms with Gasteiger partial charge >= 0.3 is 0 Å². The van der Waals surface area contributed by atoms with Gasteiger partial charge in [-0.25, -0.2) is 4.39 Å². The van der Waals surface area contributed by atoms with Crippen LogP contribution in [-0.4, -0.2) is 43.8 Å². The minimum atomic E-state index is -0.181. The summed E-state index contributed by atoms with van der Waals surface area (Å²) in [5.41, 5.74) is 2.57. The van der Waals surface area contributed by atoms with E-state index in [9.17, 15) is 4.39 Å². The number of nitrogens with one attached hydrogen (secondary N) is 1. The van der Waals surface area contributed by atoms with Crippen LogP contribution in [0.15, 0.2) is 12.1 Å². The maximum Gasteiger partial charge on any atom is 0.128 e. The summed E-state index contributed by atoms with van der Waals surface area (Å²) in [7, 11) is 1.91. The molecule has 21 heavy (non-hydrogen) atoms. The maximum atomic E-state index is 14.6. The molecule has 2 rings (SSSR count). The Morgan fingerprint density at radius 2 is 1.86 bits per heavy atom. The monoisotopic (exact) mass is 294 g/mol. The molecule has 4 heteroatoms. The Bertz CT molecular complexity index is 473. The number of rotatable bonds is 4. The first-order valence-corrected chi connectivity index (χ1v) is 7.64. The van der Waals surface area contributed by atoms with Crippen LogP contribution >= 0.6 is 0 Å². The maximum absolute atomic E-state index is 14.6. The molecule has 1 aliphatic heterocycles. The van der Waals surface area contributed by atoms with Crippen LogP contribution in [0.25, 0.3) is 0 Å². The molecule has 1 aromatic carbocycles. The summed E-state index contributed by atoms with van der Waals surface area (Å²) in [5.74, 6) is -0.117. The molecule has 0 saturated carbocycles. The Kier molecular flexibility index (Phi) is 5.02. The van der Waals surface area contributed by atoms with Crippen molar-refractivity contribution in [3.8, 4) is 0 Å². The number of nitrogens with zero attached hydrogens (tertiary/aromatic N) is 1. The second-order valence-corrected chi connectivity index (χ2v) is 6.45. The first-order chi connectivity index (χ1) is 9.87. The average molecular weight is 294 g/mol. The highest BCUT2D eigenvalue weighted by Crippen LogP contribution is 2.35. The summed E-state index contributed by atoms with van der Waals surface area (Å²) in [6.07, 6.45) is 0. The molecular formula is C17H27FN2O. The van der Waals surface area contributed by atoms with Crippen molar-refractivity contribution >= 4 is 0 Å². The number of aryl methyl sites for hydroxylation is 2. The molecule has 1 N–H and O–H groups in total. The van der Waals surface area contributed by atoms with E-state index in [1.165, 1.54) is 0 Å². The Hall–Kier alpha value is -0.970. The van der Waals surface area contributed by atoms with Crippen LogP contribution in [-0.2, 0) is 4.74 Å². The third kappa shape index (κ3) is 3.28. The van der Waals surface area contributed by atoms with Gasteiger partial charge in [-0.3, -0.25) is 4.90 Å². The molecule has 118 valence electrons. The molecule has 1 aromatic rings. The van der Waals surface area contributed by atoms with E-state index >= 15 is 0 Å². The number of benzene rings is 1. The third-order valence-corrected chi connectivity index (χ3v) is 4.59.